The van der Waals surface area contributed by atoms with E-state index in [4.69, 9.17) is 4.74 Å². The number of carbonyl (C=O) groups excluding carboxylic acids is 1. The van der Waals surface area contributed by atoms with Gasteiger partial charge in [-0.3, -0.25) is 4.79 Å². The monoisotopic (exact) mass is 363 g/mol. The molecule has 126 valence electrons. The summed E-state index contributed by atoms with van der Waals surface area (Å²) in [5, 5.41) is 3.10. The van der Waals surface area contributed by atoms with Gasteiger partial charge in [-0.25, -0.2) is 8.42 Å². The number of rotatable bonds is 5. The molecule has 0 spiro atoms. The minimum absolute atomic E-state index is 0.0881. The first-order valence-electron chi connectivity index (χ1n) is 7.38. The van der Waals surface area contributed by atoms with Crippen LogP contribution in [0.25, 0.3) is 0 Å². The standard InChI is InChI=1S/C17H17NO4S2/c1-22-15-6-4-13(5-7-15)18(14-8-10-24(20,21)12-14)17(19)11-16-3-2-9-23-16/h2-10,14H,11-12H2,1H3/t14-/m0/s1. The van der Waals surface area contributed by atoms with Crippen LogP contribution >= 0.6 is 11.3 Å². The Bertz CT molecular complexity index is 839. The summed E-state index contributed by atoms with van der Waals surface area (Å²) < 4.78 is 28.7. The van der Waals surface area contributed by atoms with Crippen molar-refractivity contribution in [3.8, 4) is 5.75 Å². The molecule has 1 amide bonds. The molecular formula is C17H17NO4S2. The fourth-order valence-electron chi connectivity index (χ4n) is 2.63. The molecule has 0 saturated carbocycles. The second-order valence-corrected chi connectivity index (χ2v) is 8.41. The van der Waals surface area contributed by atoms with Gasteiger partial charge in [-0.2, -0.15) is 0 Å². The third-order valence-corrected chi connectivity index (χ3v) is 6.02. The highest BCUT2D eigenvalue weighted by Gasteiger charge is 2.31. The zero-order valence-corrected chi connectivity index (χ0v) is 14.7. The molecule has 3 rings (SSSR count). The lowest BCUT2D eigenvalue weighted by Gasteiger charge is -2.27. The lowest BCUT2D eigenvalue weighted by Crippen LogP contribution is -2.42. The second kappa shape index (κ2) is 6.78. The summed E-state index contributed by atoms with van der Waals surface area (Å²) in [5.41, 5.74) is 0.657. The maximum absolute atomic E-state index is 12.8. The van der Waals surface area contributed by atoms with Gasteiger partial charge < -0.3 is 9.64 Å². The molecule has 0 radical (unpaired) electrons. The highest BCUT2D eigenvalue weighted by Crippen LogP contribution is 2.26. The van der Waals surface area contributed by atoms with Crippen molar-refractivity contribution in [3.63, 3.8) is 0 Å². The van der Waals surface area contributed by atoms with E-state index in [-0.39, 0.29) is 18.1 Å². The predicted octanol–water partition coefficient (Wildman–Crippen LogP) is 2.64. The van der Waals surface area contributed by atoms with E-state index in [9.17, 15) is 13.2 Å². The van der Waals surface area contributed by atoms with Gasteiger partial charge in [-0.15, -0.1) is 11.3 Å². The van der Waals surface area contributed by atoms with Crippen molar-refractivity contribution in [2.24, 2.45) is 0 Å². The molecule has 0 bridgehead atoms. The number of methoxy groups -OCH3 is 1. The van der Waals surface area contributed by atoms with Crippen molar-refractivity contribution in [2.75, 3.05) is 17.8 Å². The summed E-state index contributed by atoms with van der Waals surface area (Å²) in [6.07, 6.45) is 1.82. The largest absolute Gasteiger partial charge is 0.497 e. The average molecular weight is 363 g/mol. The molecule has 24 heavy (non-hydrogen) atoms. The molecule has 1 aromatic heterocycles. The van der Waals surface area contributed by atoms with E-state index in [0.29, 0.717) is 11.4 Å². The van der Waals surface area contributed by atoms with Gasteiger partial charge in [0.05, 0.1) is 25.3 Å². The van der Waals surface area contributed by atoms with Gasteiger partial charge in [0.1, 0.15) is 5.75 Å². The van der Waals surface area contributed by atoms with E-state index in [2.05, 4.69) is 0 Å². The molecule has 0 unspecified atom stereocenters. The van der Waals surface area contributed by atoms with E-state index < -0.39 is 15.9 Å². The molecule has 2 heterocycles. The Balaban J connectivity index is 1.90. The molecule has 1 aliphatic rings. The lowest BCUT2D eigenvalue weighted by atomic mass is 10.2. The SMILES string of the molecule is COc1ccc(N(C(=O)Cc2cccs2)[C@H]2C=CS(=O)(=O)C2)cc1. The van der Waals surface area contributed by atoms with Crippen LogP contribution in [0.15, 0.2) is 53.3 Å². The van der Waals surface area contributed by atoms with Gasteiger partial charge >= 0.3 is 0 Å². The van der Waals surface area contributed by atoms with Crippen molar-refractivity contribution in [1.29, 1.82) is 0 Å². The fraction of sp³-hybridized carbons (Fsp3) is 0.235. The summed E-state index contributed by atoms with van der Waals surface area (Å²) in [7, 11) is -1.68. The molecule has 0 fully saturated rings. The molecule has 0 aliphatic carbocycles. The van der Waals surface area contributed by atoms with Crippen molar-refractivity contribution >= 4 is 32.8 Å². The first-order valence-corrected chi connectivity index (χ1v) is 9.97. The molecule has 1 aromatic carbocycles. The molecule has 1 aliphatic heterocycles. The van der Waals surface area contributed by atoms with Crippen LogP contribution in [0.1, 0.15) is 4.88 Å². The van der Waals surface area contributed by atoms with Crippen LogP contribution < -0.4 is 9.64 Å². The number of anilines is 1. The van der Waals surface area contributed by atoms with E-state index in [1.807, 2.05) is 17.5 Å². The van der Waals surface area contributed by atoms with Crippen LogP contribution in [0.3, 0.4) is 0 Å². The number of nitrogens with zero attached hydrogens (tertiary/aromatic N) is 1. The minimum atomic E-state index is -3.25. The van der Waals surface area contributed by atoms with Gasteiger partial charge in [-0.05, 0) is 41.8 Å². The maximum atomic E-state index is 12.8. The molecule has 5 nitrogen and oxygen atoms in total. The number of ether oxygens (including phenoxy) is 1. The number of amides is 1. The Hall–Kier alpha value is -2.12. The van der Waals surface area contributed by atoms with Crippen LogP contribution in [0.5, 0.6) is 5.75 Å². The van der Waals surface area contributed by atoms with Crippen LogP contribution in [-0.4, -0.2) is 33.2 Å². The van der Waals surface area contributed by atoms with E-state index in [1.54, 1.807) is 42.4 Å². The zero-order chi connectivity index (χ0) is 17.2. The number of carbonyl (C=O) groups is 1. The molecule has 7 heteroatoms. The third-order valence-electron chi connectivity index (χ3n) is 3.77. The normalized spacial score (nSPS) is 18.5. The Labute approximate surface area is 145 Å². The van der Waals surface area contributed by atoms with Gasteiger partial charge in [0, 0.05) is 16.0 Å². The fourth-order valence-corrected chi connectivity index (χ4v) is 4.59. The number of hydrogen-bond donors (Lipinski definition) is 0. The maximum Gasteiger partial charge on any atom is 0.232 e. The Morgan fingerprint density at radius 2 is 2.04 bits per heavy atom. The van der Waals surface area contributed by atoms with E-state index in [0.717, 1.165) is 4.88 Å². The first-order chi connectivity index (χ1) is 11.5. The molecular weight excluding hydrogens is 346 g/mol. The van der Waals surface area contributed by atoms with Gasteiger partial charge in [0.25, 0.3) is 0 Å². The van der Waals surface area contributed by atoms with Crippen LogP contribution in [-0.2, 0) is 21.1 Å². The van der Waals surface area contributed by atoms with Gasteiger partial charge in [-0.1, -0.05) is 6.07 Å². The number of thiophene rings is 1. The first kappa shape index (κ1) is 16.7. The summed E-state index contributed by atoms with van der Waals surface area (Å²) in [6.45, 7) is 0. The highest BCUT2D eigenvalue weighted by molar-refractivity contribution is 7.94. The van der Waals surface area contributed by atoms with Crippen molar-refractivity contribution in [2.45, 2.75) is 12.5 Å². The molecule has 0 N–H and O–H groups in total. The smallest absolute Gasteiger partial charge is 0.232 e. The van der Waals surface area contributed by atoms with Crippen molar-refractivity contribution in [3.05, 3.63) is 58.1 Å². The Morgan fingerprint density at radius 1 is 1.29 bits per heavy atom. The number of benzene rings is 1. The van der Waals surface area contributed by atoms with Crippen LogP contribution in [0, 0.1) is 0 Å². The summed E-state index contributed by atoms with van der Waals surface area (Å²) in [5.74, 6) is 0.461. The quantitative estimate of drug-likeness (QED) is 0.819. The minimum Gasteiger partial charge on any atom is -0.497 e. The molecule has 2 aromatic rings. The summed E-state index contributed by atoms with van der Waals surface area (Å²) in [6, 6.07) is 10.4. The summed E-state index contributed by atoms with van der Waals surface area (Å²) >= 11 is 1.51. The average Bonchev–Trinajstić information content (AvgIpc) is 3.18. The van der Waals surface area contributed by atoms with E-state index in [1.165, 1.54) is 16.7 Å². The van der Waals surface area contributed by atoms with E-state index >= 15 is 0 Å². The number of hydrogen-bond acceptors (Lipinski definition) is 5. The Morgan fingerprint density at radius 3 is 2.58 bits per heavy atom. The second-order valence-electron chi connectivity index (χ2n) is 5.44. The predicted molar refractivity (Wildman–Crippen MR) is 95.2 cm³/mol. The number of sulfone groups is 1. The van der Waals surface area contributed by atoms with Crippen molar-refractivity contribution < 1.29 is 17.9 Å². The summed E-state index contributed by atoms with van der Waals surface area (Å²) in [4.78, 5) is 15.3. The Kier molecular flexibility index (Phi) is 4.73. The zero-order valence-electron chi connectivity index (χ0n) is 13.1. The van der Waals surface area contributed by atoms with Gasteiger partial charge in [0.2, 0.25) is 5.91 Å². The van der Waals surface area contributed by atoms with Crippen LogP contribution in [0.2, 0.25) is 0 Å². The molecule has 0 saturated heterocycles. The lowest BCUT2D eigenvalue weighted by molar-refractivity contribution is -0.118. The third kappa shape index (κ3) is 3.68. The van der Waals surface area contributed by atoms with Gasteiger partial charge in [0.15, 0.2) is 9.84 Å². The highest BCUT2D eigenvalue weighted by atomic mass is 32.2. The topological polar surface area (TPSA) is 63.7 Å². The van der Waals surface area contributed by atoms with Crippen molar-refractivity contribution in [1.82, 2.24) is 0 Å². The van der Waals surface area contributed by atoms with Crippen LogP contribution in [0.4, 0.5) is 5.69 Å². The molecule has 1 atom stereocenters.